The Morgan fingerprint density at radius 3 is 2.32 bits per heavy atom. The van der Waals surface area contributed by atoms with E-state index >= 15 is 0 Å². The summed E-state index contributed by atoms with van der Waals surface area (Å²) in [5.41, 5.74) is -0.753. The standard InChI is InChI=1S/C12H14F4N2S/c1-19-7-4-2-3-6(5-7)17-10-8(13)11(15)18-12(16)9(10)14/h6-7H,2-5H2,1H3,(H,17,18). The summed E-state index contributed by atoms with van der Waals surface area (Å²) >= 11 is 1.69. The summed E-state index contributed by atoms with van der Waals surface area (Å²) in [6.07, 6.45) is 5.37. The Hall–Kier alpha value is -0.980. The van der Waals surface area contributed by atoms with Crippen molar-refractivity contribution in [3.63, 3.8) is 0 Å². The fourth-order valence-electron chi connectivity index (χ4n) is 2.31. The molecule has 2 rings (SSSR count). The van der Waals surface area contributed by atoms with Gasteiger partial charge < -0.3 is 5.32 Å². The number of rotatable bonds is 3. The second-order valence-electron chi connectivity index (χ2n) is 4.56. The van der Waals surface area contributed by atoms with Crippen LogP contribution < -0.4 is 5.32 Å². The van der Waals surface area contributed by atoms with E-state index in [9.17, 15) is 17.6 Å². The first-order valence-corrected chi connectivity index (χ1v) is 7.31. The van der Waals surface area contributed by atoms with Crippen molar-refractivity contribution >= 4 is 17.4 Å². The zero-order chi connectivity index (χ0) is 14.0. The Morgan fingerprint density at radius 1 is 1.11 bits per heavy atom. The third-order valence-electron chi connectivity index (χ3n) is 3.31. The van der Waals surface area contributed by atoms with Gasteiger partial charge in [-0.3, -0.25) is 0 Å². The Bertz CT molecular complexity index is 443. The quantitative estimate of drug-likeness (QED) is 0.679. The summed E-state index contributed by atoms with van der Waals surface area (Å²) in [4.78, 5) is 2.53. The van der Waals surface area contributed by atoms with Crippen LogP contribution >= 0.6 is 11.8 Å². The second-order valence-corrected chi connectivity index (χ2v) is 5.70. The molecule has 1 heterocycles. The van der Waals surface area contributed by atoms with Crippen LogP contribution in [0.25, 0.3) is 0 Å². The normalized spacial score (nSPS) is 23.4. The van der Waals surface area contributed by atoms with Crippen molar-refractivity contribution in [1.82, 2.24) is 4.98 Å². The van der Waals surface area contributed by atoms with Gasteiger partial charge in [0.2, 0.25) is 11.6 Å². The summed E-state index contributed by atoms with van der Waals surface area (Å²) in [6.45, 7) is 0. The third-order valence-corrected chi connectivity index (χ3v) is 4.40. The lowest BCUT2D eigenvalue weighted by molar-refractivity contribution is 0.405. The van der Waals surface area contributed by atoms with Crippen molar-refractivity contribution < 1.29 is 17.6 Å². The van der Waals surface area contributed by atoms with Crippen LogP contribution in [0.2, 0.25) is 0 Å². The molecule has 0 aromatic carbocycles. The average Bonchev–Trinajstić information content (AvgIpc) is 2.41. The summed E-state index contributed by atoms with van der Waals surface area (Å²) in [6, 6.07) is -0.184. The Morgan fingerprint density at radius 2 is 1.74 bits per heavy atom. The molecule has 1 aliphatic rings. The van der Waals surface area contributed by atoms with Gasteiger partial charge in [0.25, 0.3) is 11.9 Å². The van der Waals surface area contributed by atoms with E-state index < -0.39 is 29.2 Å². The minimum Gasteiger partial charge on any atom is -0.377 e. The lowest BCUT2D eigenvalue weighted by Gasteiger charge is -2.29. The Kier molecular flexibility index (Phi) is 4.54. The molecule has 7 heteroatoms. The van der Waals surface area contributed by atoms with E-state index in [-0.39, 0.29) is 6.04 Å². The van der Waals surface area contributed by atoms with Gasteiger partial charge in [-0.05, 0) is 25.5 Å². The molecule has 0 radical (unpaired) electrons. The Labute approximate surface area is 113 Å². The molecule has 0 aliphatic heterocycles. The molecule has 0 bridgehead atoms. The minimum atomic E-state index is -1.63. The highest BCUT2D eigenvalue weighted by molar-refractivity contribution is 7.99. The van der Waals surface area contributed by atoms with Gasteiger partial charge in [0.15, 0.2) is 0 Å². The first-order chi connectivity index (χ1) is 9.02. The summed E-state index contributed by atoms with van der Waals surface area (Å²) in [5, 5.41) is 2.98. The summed E-state index contributed by atoms with van der Waals surface area (Å²) < 4.78 is 52.9. The molecule has 19 heavy (non-hydrogen) atoms. The molecule has 2 unspecified atom stereocenters. The zero-order valence-corrected chi connectivity index (χ0v) is 11.2. The van der Waals surface area contributed by atoms with Crippen LogP contribution in [-0.2, 0) is 0 Å². The molecule has 0 amide bonds. The number of anilines is 1. The highest BCUT2D eigenvalue weighted by Gasteiger charge is 2.26. The van der Waals surface area contributed by atoms with Crippen molar-refractivity contribution in [2.45, 2.75) is 37.0 Å². The van der Waals surface area contributed by atoms with Gasteiger partial charge in [-0.15, -0.1) is 0 Å². The number of halogens is 4. The fraction of sp³-hybridized carbons (Fsp3) is 0.583. The number of nitrogens with zero attached hydrogens (tertiary/aromatic N) is 1. The topological polar surface area (TPSA) is 24.9 Å². The van der Waals surface area contributed by atoms with Crippen LogP contribution in [0.3, 0.4) is 0 Å². The molecular formula is C12H14F4N2S. The summed E-state index contributed by atoms with van der Waals surface area (Å²) in [7, 11) is 0. The largest absolute Gasteiger partial charge is 0.377 e. The highest BCUT2D eigenvalue weighted by Crippen LogP contribution is 2.31. The number of aromatic nitrogens is 1. The SMILES string of the molecule is CSC1CCCC(Nc2c(F)c(F)nc(F)c2F)C1. The second kappa shape index (κ2) is 5.98. The van der Waals surface area contributed by atoms with E-state index in [1.165, 1.54) is 0 Å². The molecule has 0 saturated heterocycles. The number of thioether (sulfide) groups is 1. The molecule has 1 aromatic rings. The number of hydrogen-bond acceptors (Lipinski definition) is 3. The van der Waals surface area contributed by atoms with Gasteiger partial charge in [-0.1, -0.05) is 6.42 Å². The first-order valence-electron chi connectivity index (χ1n) is 6.02. The van der Waals surface area contributed by atoms with Gasteiger partial charge >= 0.3 is 0 Å². The molecule has 1 aliphatic carbocycles. The van der Waals surface area contributed by atoms with Crippen LogP contribution in [0.15, 0.2) is 0 Å². The maximum atomic E-state index is 13.5. The molecular weight excluding hydrogens is 280 g/mol. The van der Waals surface area contributed by atoms with E-state index in [1.807, 2.05) is 6.26 Å². The van der Waals surface area contributed by atoms with E-state index in [2.05, 4.69) is 10.3 Å². The lowest BCUT2D eigenvalue weighted by atomic mass is 9.95. The monoisotopic (exact) mass is 294 g/mol. The number of hydrogen-bond donors (Lipinski definition) is 1. The molecule has 106 valence electrons. The van der Waals surface area contributed by atoms with Crippen molar-refractivity contribution in [2.24, 2.45) is 0 Å². The van der Waals surface area contributed by atoms with E-state index in [1.54, 1.807) is 11.8 Å². The van der Waals surface area contributed by atoms with Crippen LogP contribution in [0.1, 0.15) is 25.7 Å². The van der Waals surface area contributed by atoms with Crippen LogP contribution in [-0.4, -0.2) is 22.5 Å². The molecule has 1 saturated carbocycles. The van der Waals surface area contributed by atoms with E-state index in [4.69, 9.17) is 0 Å². The van der Waals surface area contributed by atoms with E-state index in [0.29, 0.717) is 11.7 Å². The maximum absolute atomic E-state index is 13.5. The number of nitrogens with one attached hydrogen (secondary N) is 1. The molecule has 1 fully saturated rings. The van der Waals surface area contributed by atoms with Crippen LogP contribution in [0.5, 0.6) is 0 Å². The third kappa shape index (κ3) is 3.13. The zero-order valence-electron chi connectivity index (χ0n) is 10.4. The van der Waals surface area contributed by atoms with E-state index in [0.717, 1.165) is 19.3 Å². The smallest absolute Gasteiger partial charge is 0.253 e. The predicted molar refractivity (Wildman–Crippen MR) is 67.3 cm³/mol. The van der Waals surface area contributed by atoms with Crippen molar-refractivity contribution in [3.05, 3.63) is 23.5 Å². The average molecular weight is 294 g/mol. The maximum Gasteiger partial charge on any atom is 0.253 e. The predicted octanol–water partition coefficient (Wildman–Crippen LogP) is 3.72. The van der Waals surface area contributed by atoms with Crippen molar-refractivity contribution in [3.8, 4) is 0 Å². The highest BCUT2D eigenvalue weighted by atomic mass is 32.2. The number of pyridine rings is 1. The van der Waals surface area contributed by atoms with Gasteiger partial charge in [-0.25, -0.2) is 0 Å². The van der Waals surface area contributed by atoms with Gasteiger partial charge in [0.1, 0.15) is 5.69 Å². The van der Waals surface area contributed by atoms with Crippen molar-refractivity contribution in [2.75, 3.05) is 11.6 Å². The van der Waals surface area contributed by atoms with Crippen LogP contribution in [0, 0.1) is 23.5 Å². The lowest BCUT2D eigenvalue weighted by Crippen LogP contribution is -2.29. The molecule has 2 atom stereocenters. The minimum absolute atomic E-state index is 0.184. The Balaban J connectivity index is 2.19. The van der Waals surface area contributed by atoms with Crippen LogP contribution in [0.4, 0.5) is 23.2 Å². The van der Waals surface area contributed by atoms with Gasteiger partial charge in [0, 0.05) is 11.3 Å². The first kappa shape index (κ1) is 14.4. The van der Waals surface area contributed by atoms with Gasteiger partial charge in [-0.2, -0.15) is 34.3 Å². The molecule has 1 aromatic heterocycles. The molecule has 0 spiro atoms. The fourth-order valence-corrected chi connectivity index (χ4v) is 3.14. The summed E-state index contributed by atoms with van der Waals surface area (Å²) in [5.74, 6) is -6.19. The molecule has 1 N–H and O–H groups in total. The van der Waals surface area contributed by atoms with Crippen molar-refractivity contribution in [1.29, 1.82) is 0 Å². The molecule has 2 nitrogen and oxygen atoms in total. The van der Waals surface area contributed by atoms with Gasteiger partial charge in [0.05, 0.1) is 0 Å².